The van der Waals surface area contributed by atoms with Gasteiger partial charge in [0.2, 0.25) is 0 Å². The van der Waals surface area contributed by atoms with Gasteiger partial charge in [-0.05, 0) is 6.42 Å². The molecule has 0 atom stereocenters. The molecule has 4 nitrogen and oxygen atoms in total. The number of hydroxylamine groups is 2. The Morgan fingerprint density at radius 2 is 1.90 bits per heavy atom. The molecule has 0 saturated heterocycles. The average Bonchev–Trinajstić information content (AvgIpc) is 1.91. The van der Waals surface area contributed by atoms with Crippen molar-refractivity contribution in [3.05, 3.63) is 0 Å². The van der Waals surface area contributed by atoms with Gasteiger partial charge in [0.1, 0.15) is 0 Å². The van der Waals surface area contributed by atoms with Crippen molar-refractivity contribution >= 4 is 5.91 Å². The molecule has 10 heavy (non-hydrogen) atoms. The van der Waals surface area contributed by atoms with E-state index in [0.717, 1.165) is 11.6 Å². The summed E-state index contributed by atoms with van der Waals surface area (Å²) < 4.78 is 0. The Bertz CT molecular complexity index is 101. The van der Waals surface area contributed by atoms with Crippen LogP contribution in [-0.2, 0) is 14.5 Å². The van der Waals surface area contributed by atoms with Gasteiger partial charge in [0.25, 0.3) is 5.91 Å². The summed E-state index contributed by atoms with van der Waals surface area (Å²) in [5.74, 6) is -0.160. The fourth-order valence-electron chi connectivity index (χ4n) is 0.583. The molecule has 0 rings (SSSR count). The van der Waals surface area contributed by atoms with Crippen molar-refractivity contribution in [3.63, 3.8) is 0 Å². The molecule has 0 bridgehead atoms. The summed E-state index contributed by atoms with van der Waals surface area (Å²) in [6, 6.07) is 0. The Labute approximate surface area is 60.6 Å². The first kappa shape index (κ1) is 9.39. The van der Waals surface area contributed by atoms with Crippen molar-refractivity contribution < 1.29 is 14.5 Å². The van der Waals surface area contributed by atoms with Gasteiger partial charge in [-0.15, -0.1) is 0 Å². The van der Waals surface area contributed by atoms with E-state index < -0.39 is 0 Å². The van der Waals surface area contributed by atoms with E-state index in [-0.39, 0.29) is 5.91 Å². The molecule has 0 aliphatic carbocycles. The second-order valence-corrected chi connectivity index (χ2v) is 1.77. The van der Waals surface area contributed by atoms with Crippen LogP contribution in [0.3, 0.4) is 0 Å². The first-order valence-electron chi connectivity index (χ1n) is 3.17. The van der Waals surface area contributed by atoms with Crippen LogP contribution in [-0.4, -0.2) is 25.4 Å². The zero-order valence-electron chi connectivity index (χ0n) is 6.59. The van der Waals surface area contributed by atoms with Crippen LogP contribution in [0.15, 0.2) is 0 Å². The number of rotatable bonds is 4. The highest BCUT2D eigenvalue weighted by molar-refractivity contribution is 5.73. The van der Waals surface area contributed by atoms with Crippen LogP contribution in [0.1, 0.15) is 19.8 Å². The summed E-state index contributed by atoms with van der Waals surface area (Å²) in [5.41, 5.74) is 0. The molecule has 0 aromatic rings. The highest BCUT2D eigenvalue weighted by Crippen LogP contribution is 1.96. The van der Waals surface area contributed by atoms with E-state index >= 15 is 0 Å². The van der Waals surface area contributed by atoms with Gasteiger partial charge in [0.05, 0.1) is 14.2 Å². The highest BCUT2D eigenvalue weighted by Gasteiger charge is 2.09. The van der Waals surface area contributed by atoms with Crippen LogP contribution in [0.4, 0.5) is 0 Å². The lowest BCUT2D eigenvalue weighted by molar-refractivity contribution is -0.317. The van der Waals surface area contributed by atoms with Crippen molar-refractivity contribution in [2.45, 2.75) is 19.8 Å². The number of carbonyl (C=O) groups is 1. The highest BCUT2D eigenvalue weighted by atomic mass is 16.9. The average molecular weight is 147 g/mol. The predicted molar refractivity (Wildman–Crippen MR) is 35.8 cm³/mol. The van der Waals surface area contributed by atoms with E-state index in [1.54, 1.807) is 0 Å². The summed E-state index contributed by atoms with van der Waals surface area (Å²) in [4.78, 5) is 20.0. The predicted octanol–water partition coefficient (Wildman–Crippen LogP) is 0.738. The molecular weight excluding hydrogens is 134 g/mol. The van der Waals surface area contributed by atoms with Crippen molar-refractivity contribution in [1.82, 2.24) is 5.23 Å². The lowest BCUT2D eigenvalue weighted by atomic mass is 10.3. The van der Waals surface area contributed by atoms with Gasteiger partial charge in [-0.1, -0.05) is 12.2 Å². The largest absolute Gasteiger partial charge is 0.273 e. The fraction of sp³-hybridized carbons (Fsp3) is 0.833. The monoisotopic (exact) mass is 147 g/mol. The fourth-order valence-corrected chi connectivity index (χ4v) is 0.583. The second kappa shape index (κ2) is 5.20. The Kier molecular flexibility index (Phi) is 4.88. The minimum atomic E-state index is -0.160. The van der Waals surface area contributed by atoms with Gasteiger partial charge in [0.15, 0.2) is 0 Å². The SMILES string of the molecule is CCCC(=O)N(OC)OC. The zero-order valence-corrected chi connectivity index (χ0v) is 6.59. The van der Waals surface area contributed by atoms with Gasteiger partial charge in [-0.25, -0.2) is 9.68 Å². The molecule has 0 aliphatic rings. The minimum absolute atomic E-state index is 0.160. The molecule has 1 amide bonds. The molecule has 0 spiro atoms. The maximum Gasteiger partial charge on any atom is 0.273 e. The smallest absolute Gasteiger partial charge is 0.270 e. The maximum absolute atomic E-state index is 10.9. The first-order valence-corrected chi connectivity index (χ1v) is 3.17. The number of hydrogen-bond donors (Lipinski definition) is 0. The minimum Gasteiger partial charge on any atom is -0.270 e. The summed E-state index contributed by atoms with van der Waals surface area (Å²) in [6.07, 6.45) is 1.24. The van der Waals surface area contributed by atoms with Gasteiger partial charge >= 0.3 is 0 Å². The van der Waals surface area contributed by atoms with E-state index in [2.05, 4.69) is 9.68 Å². The van der Waals surface area contributed by atoms with Crippen LogP contribution in [0, 0.1) is 0 Å². The van der Waals surface area contributed by atoms with Crippen molar-refractivity contribution in [1.29, 1.82) is 0 Å². The number of nitrogens with zero attached hydrogens (tertiary/aromatic N) is 1. The molecule has 0 saturated carbocycles. The van der Waals surface area contributed by atoms with Gasteiger partial charge < -0.3 is 0 Å². The second-order valence-electron chi connectivity index (χ2n) is 1.77. The zero-order chi connectivity index (χ0) is 7.98. The quantitative estimate of drug-likeness (QED) is 0.550. The molecule has 60 valence electrons. The normalized spacial score (nSPS) is 9.50. The lowest BCUT2D eigenvalue weighted by Gasteiger charge is -2.14. The van der Waals surface area contributed by atoms with Gasteiger partial charge in [-0.3, -0.25) is 4.79 Å². The molecule has 0 unspecified atom stereocenters. The van der Waals surface area contributed by atoms with E-state index in [0.29, 0.717) is 6.42 Å². The third-order valence-corrected chi connectivity index (χ3v) is 0.999. The van der Waals surface area contributed by atoms with E-state index in [9.17, 15) is 4.79 Å². The number of hydrogen-bond acceptors (Lipinski definition) is 3. The number of carbonyl (C=O) groups excluding carboxylic acids is 1. The van der Waals surface area contributed by atoms with Gasteiger partial charge in [0, 0.05) is 6.42 Å². The summed E-state index contributed by atoms with van der Waals surface area (Å²) >= 11 is 0. The Hall–Kier alpha value is -0.610. The molecule has 0 aromatic heterocycles. The standard InChI is InChI=1S/C6H13NO3/c1-4-5-6(8)7(9-2)10-3/h4-5H2,1-3H3. The third kappa shape index (κ3) is 2.80. The summed E-state index contributed by atoms with van der Waals surface area (Å²) in [6.45, 7) is 1.92. The van der Waals surface area contributed by atoms with Crippen LogP contribution in [0.2, 0.25) is 0 Å². The molecule has 0 radical (unpaired) electrons. The molecule has 0 N–H and O–H groups in total. The van der Waals surface area contributed by atoms with E-state index in [4.69, 9.17) is 0 Å². The summed E-state index contributed by atoms with van der Waals surface area (Å²) in [5, 5.41) is 0.865. The van der Waals surface area contributed by atoms with Gasteiger partial charge in [-0.2, -0.15) is 0 Å². The van der Waals surface area contributed by atoms with E-state index in [1.807, 2.05) is 6.92 Å². The maximum atomic E-state index is 10.9. The Morgan fingerprint density at radius 3 is 2.20 bits per heavy atom. The summed E-state index contributed by atoms with van der Waals surface area (Å²) in [7, 11) is 2.77. The lowest BCUT2D eigenvalue weighted by Crippen LogP contribution is -2.28. The molecule has 0 aliphatic heterocycles. The van der Waals surface area contributed by atoms with Crippen molar-refractivity contribution in [3.8, 4) is 0 Å². The molecule has 0 heterocycles. The Balaban J connectivity index is 3.65. The van der Waals surface area contributed by atoms with Crippen LogP contribution >= 0.6 is 0 Å². The molecule has 4 heteroatoms. The molecule has 0 aromatic carbocycles. The van der Waals surface area contributed by atoms with Crippen LogP contribution < -0.4 is 0 Å². The van der Waals surface area contributed by atoms with Crippen LogP contribution in [0.25, 0.3) is 0 Å². The third-order valence-electron chi connectivity index (χ3n) is 0.999. The van der Waals surface area contributed by atoms with E-state index in [1.165, 1.54) is 14.2 Å². The topological polar surface area (TPSA) is 38.8 Å². The van der Waals surface area contributed by atoms with Crippen molar-refractivity contribution in [2.24, 2.45) is 0 Å². The first-order chi connectivity index (χ1) is 4.76. The molecular formula is C6H13NO3. The number of amides is 1. The van der Waals surface area contributed by atoms with Crippen LogP contribution in [0.5, 0.6) is 0 Å². The Morgan fingerprint density at radius 1 is 1.40 bits per heavy atom. The van der Waals surface area contributed by atoms with Crippen molar-refractivity contribution in [2.75, 3.05) is 14.2 Å². The molecule has 0 fully saturated rings.